The van der Waals surface area contributed by atoms with E-state index in [1.165, 1.54) is 18.2 Å². The first kappa shape index (κ1) is 13.9. The Morgan fingerprint density at radius 1 is 1.53 bits per heavy atom. The number of hydrogen-bond acceptors (Lipinski definition) is 5. The van der Waals surface area contributed by atoms with Crippen molar-refractivity contribution in [1.82, 2.24) is 10.1 Å². The summed E-state index contributed by atoms with van der Waals surface area (Å²) in [6.07, 6.45) is 0.232. The molecule has 0 fully saturated rings. The number of aromatic nitrogens is 2. The van der Waals surface area contributed by atoms with E-state index in [0.29, 0.717) is 30.2 Å². The Morgan fingerprint density at radius 3 is 2.95 bits per heavy atom. The van der Waals surface area contributed by atoms with E-state index in [0.717, 1.165) is 0 Å². The molecule has 0 aliphatic heterocycles. The lowest BCUT2D eigenvalue weighted by Gasteiger charge is -2.08. The van der Waals surface area contributed by atoms with Crippen molar-refractivity contribution in [2.24, 2.45) is 5.73 Å². The van der Waals surface area contributed by atoms with E-state index in [1.54, 1.807) is 7.11 Å². The number of nitrogens with two attached hydrogens (primary N) is 1. The molecule has 0 aliphatic carbocycles. The van der Waals surface area contributed by atoms with Gasteiger partial charge in [0.05, 0.1) is 17.5 Å². The van der Waals surface area contributed by atoms with E-state index in [2.05, 4.69) is 10.1 Å². The van der Waals surface area contributed by atoms with Crippen LogP contribution in [0.25, 0.3) is 11.4 Å². The van der Waals surface area contributed by atoms with Gasteiger partial charge in [-0.15, -0.1) is 0 Å². The van der Waals surface area contributed by atoms with E-state index >= 15 is 0 Å². The summed E-state index contributed by atoms with van der Waals surface area (Å²) in [5.41, 5.74) is 6.03. The van der Waals surface area contributed by atoms with Crippen LogP contribution in [0.15, 0.2) is 22.7 Å². The van der Waals surface area contributed by atoms with Gasteiger partial charge in [0.2, 0.25) is 11.7 Å². The number of ether oxygens (including phenoxy) is 1. The van der Waals surface area contributed by atoms with Crippen LogP contribution in [0.2, 0.25) is 5.02 Å². The first-order valence-electron chi connectivity index (χ1n) is 5.65. The summed E-state index contributed by atoms with van der Waals surface area (Å²) in [5.74, 6) is 0.291. The molecule has 7 heteroatoms. The molecule has 5 nitrogen and oxygen atoms in total. The normalized spacial score (nSPS) is 12.6. The lowest BCUT2D eigenvalue weighted by Crippen LogP contribution is -2.24. The number of nitrogens with zero attached hydrogens (tertiary/aromatic N) is 2. The fourth-order valence-electron chi connectivity index (χ4n) is 1.58. The van der Waals surface area contributed by atoms with Gasteiger partial charge in [-0.1, -0.05) is 16.8 Å². The van der Waals surface area contributed by atoms with Crippen LogP contribution in [0.1, 0.15) is 5.89 Å². The molecule has 2 rings (SSSR count). The fraction of sp³-hybridized carbons (Fsp3) is 0.333. The van der Waals surface area contributed by atoms with E-state index < -0.39 is 5.82 Å². The fourth-order valence-corrected chi connectivity index (χ4v) is 1.83. The van der Waals surface area contributed by atoms with Crippen molar-refractivity contribution in [3.8, 4) is 11.4 Å². The van der Waals surface area contributed by atoms with Crippen LogP contribution in [0, 0.1) is 5.82 Å². The van der Waals surface area contributed by atoms with Crippen LogP contribution < -0.4 is 5.73 Å². The molecule has 1 aromatic heterocycles. The molecular formula is C12H13ClFN3O2. The molecule has 1 atom stereocenters. The van der Waals surface area contributed by atoms with E-state index in [1.807, 2.05) is 0 Å². The number of hydrogen-bond donors (Lipinski definition) is 1. The van der Waals surface area contributed by atoms with Crippen LogP contribution >= 0.6 is 11.6 Å². The highest BCUT2D eigenvalue weighted by molar-refractivity contribution is 6.33. The number of benzene rings is 1. The van der Waals surface area contributed by atoms with Gasteiger partial charge in [-0.05, 0) is 18.2 Å². The molecule has 1 aromatic carbocycles. The topological polar surface area (TPSA) is 74.2 Å². The largest absolute Gasteiger partial charge is 0.380 e. The first-order valence-corrected chi connectivity index (χ1v) is 6.02. The van der Waals surface area contributed by atoms with Gasteiger partial charge in [0.1, 0.15) is 5.82 Å². The Bertz CT molecular complexity index is 558. The van der Waals surface area contributed by atoms with Gasteiger partial charge >= 0.3 is 0 Å². The van der Waals surface area contributed by atoms with Crippen LogP contribution in [-0.2, 0) is 11.2 Å². The SMILES string of the molecule is COC(CN)Cc1nc(-c2ccc(F)cc2Cl)no1. The molecule has 0 bridgehead atoms. The summed E-state index contributed by atoms with van der Waals surface area (Å²) in [5, 5.41) is 4.04. The zero-order valence-corrected chi connectivity index (χ0v) is 11.0. The molecule has 0 saturated carbocycles. The van der Waals surface area contributed by atoms with Gasteiger partial charge in [0.25, 0.3) is 0 Å². The van der Waals surface area contributed by atoms with Crippen molar-refractivity contribution in [1.29, 1.82) is 0 Å². The maximum Gasteiger partial charge on any atom is 0.229 e. The maximum atomic E-state index is 13.0. The van der Waals surface area contributed by atoms with Gasteiger partial charge in [0.15, 0.2) is 0 Å². The summed E-state index contributed by atoms with van der Waals surface area (Å²) in [4.78, 5) is 4.19. The van der Waals surface area contributed by atoms with E-state index in [4.69, 9.17) is 26.6 Å². The lowest BCUT2D eigenvalue weighted by atomic mass is 10.2. The van der Waals surface area contributed by atoms with Crippen molar-refractivity contribution < 1.29 is 13.7 Å². The van der Waals surface area contributed by atoms with Gasteiger partial charge in [0, 0.05) is 19.2 Å². The lowest BCUT2D eigenvalue weighted by molar-refractivity contribution is 0.102. The molecule has 0 radical (unpaired) electrons. The standard InChI is InChI=1S/C12H13ClFN3O2/c1-18-8(6-15)5-11-16-12(17-19-11)9-3-2-7(14)4-10(9)13/h2-4,8H,5-6,15H2,1H3. The number of rotatable bonds is 5. The molecule has 0 spiro atoms. The maximum absolute atomic E-state index is 13.0. The summed E-state index contributed by atoms with van der Waals surface area (Å²) >= 11 is 5.93. The Kier molecular flexibility index (Phi) is 4.47. The van der Waals surface area contributed by atoms with Crippen LogP contribution in [0.4, 0.5) is 4.39 Å². The minimum atomic E-state index is -0.417. The zero-order chi connectivity index (χ0) is 13.8. The second-order valence-electron chi connectivity index (χ2n) is 3.93. The minimum absolute atomic E-state index is 0.183. The van der Waals surface area contributed by atoms with Crippen molar-refractivity contribution >= 4 is 11.6 Å². The van der Waals surface area contributed by atoms with Gasteiger partial charge in [-0.3, -0.25) is 0 Å². The molecule has 0 saturated heterocycles. The molecule has 2 N–H and O–H groups in total. The predicted octanol–water partition coefficient (Wildman–Crippen LogP) is 2.05. The second kappa shape index (κ2) is 6.10. The average molecular weight is 286 g/mol. The van der Waals surface area contributed by atoms with Crippen LogP contribution in [-0.4, -0.2) is 29.9 Å². The first-order chi connectivity index (χ1) is 9.13. The molecule has 0 aliphatic rings. The smallest absolute Gasteiger partial charge is 0.229 e. The molecule has 2 aromatic rings. The number of halogens is 2. The summed E-state index contributed by atoms with van der Waals surface area (Å²) in [7, 11) is 1.56. The Labute approximate surface area is 114 Å². The minimum Gasteiger partial charge on any atom is -0.380 e. The van der Waals surface area contributed by atoms with Crippen molar-refractivity contribution in [2.75, 3.05) is 13.7 Å². The highest BCUT2D eigenvalue weighted by Gasteiger charge is 2.15. The van der Waals surface area contributed by atoms with E-state index in [-0.39, 0.29) is 11.1 Å². The van der Waals surface area contributed by atoms with Crippen LogP contribution in [0.3, 0.4) is 0 Å². The highest BCUT2D eigenvalue weighted by Crippen LogP contribution is 2.26. The van der Waals surface area contributed by atoms with Crippen LogP contribution in [0.5, 0.6) is 0 Å². The molecule has 1 unspecified atom stereocenters. The average Bonchev–Trinajstić information content (AvgIpc) is 2.84. The monoisotopic (exact) mass is 285 g/mol. The van der Waals surface area contributed by atoms with Gasteiger partial charge in [-0.25, -0.2) is 4.39 Å². The Balaban J connectivity index is 2.20. The van der Waals surface area contributed by atoms with E-state index in [9.17, 15) is 4.39 Å². The number of methoxy groups -OCH3 is 1. The molecule has 19 heavy (non-hydrogen) atoms. The third-order valence-electron chi connectivity index (χ3n) is 2.64. The summed E-state index contributed by atoms with van der Waals surface area (Å²) in [6, 6.07) is 3.99. The Hall–Kier alpha value is -1.50. The molecule has 102 valence electrons. The Morgan fingerprint density at radius 2 is 2.32 bits per heavy atom. The second-order valence-corrected chi connectivity index (χ2v) is 4.34. The van der Waals surface area contributed by atoms with Gasteiger partial charge < -0.3 is 15.0 Å². The molecule has 1 heterocycles. The van der Waals surface area contributed by atoms with Crippen molar-refractivity contribution in [3.63, 3.8) is 0 Å². The zero-order valence-electron chi connectivity index (χ0n) is 10.3. The molecular weight excluding hydrogens is 273 g/mol. The van der Waals surface area contributed by atoms with Crippen molar-refractivity contribution in [3.05, 3.63) is 34.9 Å². The quantitative estimate of drug-likeness (QED) is 0.910. The summed E-state index contributed by atoms with van der Waals surface area (Å²) in [6.45, 7) is 0.353. The van der Waals surface area contributed by atoms with Gasteiger partial charge in [-0.2, -0.15) is 4.98 Å². The predicted molar refractivity (Wildman–Crippen MR) is 68.3 cm³/mol. The molecule has 0 amide bonds. The van der Waals surface area contributed by atoms with Crippen molar-refractivity contribution in [2.45, 2.75) is 12.5 Å². The third-order valence-corrected chi connectivity index (χ3v) is 2.95. The third kappa shape index (κ3) is 3.28. The highest BCUT2D eigenvalue weighted by atomic mass is 35.5. The summed E-state index contributed by atoms with van der Waals surface area (Å²) < 4.78 is 23.2.